The number of rotatable bonds is 3. The average molecular weight is 354 g/mol. The van der Waals surface area contributed by atoms with Gasteiger partial charge in [0.2, 0.25) is 0 Å². The number of anilines is 1. The van der Waals surface area contributed by atoms with Crippen molar-refractivity contribution in [3.05, 3.63) is 58.3 Å². The van der Waals surface area contributed by atoms with E-state index in [9.17, 15) is 18.0 Å². The fraction of sp³-hybridized carbons (Fsp3) is 0.0667. The van der Waals surface area contributed by atoms with Crippen LogP contribution in [0.5, 0.6) is 0 Å². The molecule has 8 heteroatoms. The Bertz CT molecular complexity index is 825. The number of thiophene rings is 1. The van der Waals surface area contributed by atoms with Crippen LogP contribution in [0.4, 0.5) is 18.3 Å². The molecular weight excluding hydrogens is 345 g/mol. The zero-order valence-electron chi connectivity index (χ0n) is 11.4. The topological polar surface area (TPSA) is 42.0 Å². The molecule has 0 fully saturated rings. The molecule has 0 aliphatic rings. The van der Waals surface area contributed by atoms with Crippen LogP contribution in [0.15, 0.2) is 47.2 Å². The van der Waals surface area contributed by atoms with Gasteiger partial charge in [-0.3, -0.25) is 10.1 Å². The zero-order chi connectivity index (χ0) is 16.4. The van der Waals surface area contributed by atoms with Crippen molar-refractivity contribution >= 4 is 33.7 Å². The first-order valence-corrected chi connectivity index (χ1v) is 8.17. The predicted molar refractivity (Wildman–Crippen MR) is 84.8 cm³/mol. The number of thiazole rings is 1. The quantitative estimate of drug-likeness (QED) is 0.707. The Kier molecular flexibility index (Phi) is 4.18. The maximum atomic E-state index is 12.7. The molecule has 1 aromatic carbocycles. The van der Waals surface area contributed by atoms with Crippen LogP contribution >= 0.6 is 22.7 Å². The summed E-state index contributed by atoms with van der Waals surface area (Å²) in [5.74, 6) is -0.622. The smallest absolute Gasteiger partial charge is 0.298 e. The van der Waals surface area contributed by atoms with Crippen LogP contribution < -0.4 is 5.32 Å². The second-order valence-electron chi connectivity index (χ2n) is 4.55. The lowest BCUT2D eigenvalue weighted by molar-refractivity contribution is -0.137. The largest absolute Gasteiger partial charge is 0.416 e. The molecule has 118 valence electrons. The van der Waals surface area contributed by atoms with Gasteiger partial charge in [0.1, 0.15) is 0 Å². The molecule has 0 spiro atoms. The number of amides is 1. The summed E-state index contributed by atoms with van der Waals surface area (Å²) in [5, 5.41) is 6.57. The van der Waals surface area contributed by atoms with E-state index >= 15 is 0 Å². The van der Waals surface area contributed by atoms with Crippen molar-refractivity contribution in [2.75, 3.05) is 5.32 Å². The van der Waals surface area contributed by atoms with E-state index in [0.29, 0.717) is 5.13 Å². The third kappa shape index (κ3) is 3.59. The van der Waals surface area contributed by atoms with E-state index in [-0.39, 0.29) is 5.56 Å². The number of aromatic nitrogens is 1. The number of hydrogen-bond donors (Lipinski definition) is 1. The first kappa shape index (κ1) is 15.7. The highest BCUT2D eigenvalue weighted by molar-refractivity contribution is 7.16. The average Bonchev–Trinajstić information content (AvgIpc) is 3.17. The fourth-order valence-electron chi connectivity index (χ4n) is 1.87. The number of hydrogen-bond acceptors (Lipinski definition) is 4. The summed E-state index contributed by atoms with van der Waals surface area (Å²) in [6.45, 7) is 0. The monoisotopic (exact) mass is 354 g/mol. The van der Waals surface area contributed by atoms with Gasteiger partial charge >= 0.3 is 6.18 Å². The predicted octanol–water partition coefficient (Wildman–Crippen LogP) is 5.14. The van der Waals surface area contributed by atoms with E-state index < -0.39 is 17.6 Å². The van der Waals surface area contributed by atoms with Crippen LogP contribution in [-0.4, -0.2) is 10.9 Å². The van der Waals surface area contributed by atoms with Crippen molar-refractivity contribution in [2.45, 2.75) is 6.18 Å². The molecule has 0 unspecified atom stereocenters. The Morgan fingerprint density at radius 3 is 2.65 bits per heavy atom. The van der Waals surface area contributed by atoms with E-state index in [1.165, 1.54) is 34.8 Å². The summed E-state index contributed by atoms with van der Waals surface area (Å²) in [6, 6.07) is 8.07. The van der Waals surface area contributed by atoms with Gasteiger partial charge in [-0.25, -0.2) is 4.98 Å². The number of halogens is 3. The normalized spacial score (nSPS) is 11.4. The molecule has 2 aromatic heterocycles. The summed E-state index contributed by atoms with van der Waals surface area (Å²) in [4.78, 5) is 17.3. The first-order chi connectivity index (χ1) is 10.9. The minimum atomic E-state index is -4.48. The maximum absolute atomic E-state index is 12.7. The van der Waals surface area contributed by atoms with E-state index in [1.54, 1.807) is 5.38 Å². The number of nitrogens with zero attached hydrogens (tertiary/aromatic N) is 1. The van der Waals surface area contributed by atoms with Gasteiger partial charge < -0.3 is 0 Å². The van der Waals surface area contributed by atoms with Gasteiger partial charge in [0.25, 0.3) is 5.91 Å². The van der Waals surface area contributed by atoms with E-state index in [0.717, 1.165) is 22.7 Å². The highest BCUT2D eigenvalue weighted by Crippen LogP contribution is 2.30. The van der Waals surface area contributed by atoms with Gasteiger partial charge in [0, 0.05) is 10.9 Å². The molecule has 0 radical (unpaired) electrons. The molecular formula is C15H9F3N2OS2. The summed E-state index contributed by atoms with van der Waals surface area (Å²) >= 11 is 2.74. The Hall–Kier alpha value is -2.19. The zero-order valence-corrected chi connectivity index (χ0v) is 13.1. The number of carbonyl (C=O) groups excluding carboxylic acids is 1. The van der Waals surface area contributed by atoms with Gasteiger partial charge in [-0.15, -0.1) is 22.7 Å². The number of benzene rings is 1. The standard InChI is InChI=1S/C15H9F3N2OS2/c16-15(17,18)10-4-1-3-9(7-10)13(21)20-14-19-11(8-23-14)12-5-2-6-22-12/h1-8H,(H,19,20,21). The van der Waals surface area contributed by atoms with E-state index in [1.807, 2.05) is 17.5 Å². The Labute approximate surface area is 137 Å². The molecule has 1 N–H and O–H groups in total. The third-order valence-corrected chi connectivity index (χ3v) is 4.60. The van der Waals surface area contributed by atoms with Gasteiger partial charge in [0.05, 0.1) is 16.1 Å². The SMILES string of the molecule is O=C(Nc1nc(-c2cccs2)cs1)c1cccc(C(F)(F)F)c1. The van der Waals surface area contributed by atoms with Crippen molar-refractivity contribution in [2.24, 2.45) is 0 Å². The lowest BCUT2D eigenvalue weighted by atomic mass is 10.1. The highest BCUT2D eigenvalue weighted by atomic mass is 32.1. The minimum absolute atomic E-state index is 0.0623. The van der Waals surface area contributed by atoms with Crippen molar-refractivity contribution in [1.82, 2.24) is 4.98 Å². The van der Waals surface area contributed by atoms with Crippen LogP contribution in [0.25, 0.3) is 10.6 Å². The summed E-state index contributed by atoms with van der Waals surface area (Å²) in [6.07, 6.45) is -4.48. The van der Waals surface area contributed by atoms with Crippen molar-refractivity contribution in [3.8, 4) is 10.6 Å². The minimum Gasteiger partial charge on any atom is -0.298 e. The Morgan fingerprint density at radius 2 is 1.96 bits per heavy atom. The van der Waals surface area contributed by atoms with Crippen LogP contribution in [0.2, 0.25) is 0 Å². The lowest BCUT2D eigenvalue weighted by Crippen LogP contribution is -2.13. The molecule has 3 rings (SSSR count). The maximum Gasteiger partial charge on any atom is 0.416 e. The van der Waals surface area contributed by atoms with Crippen molar-refractivity contribution < 1.29 is 18.0 Å². The molecule has 0 bridgehead atoms. The Balaban J connectivity index is 1.77. The van der Waals surface area contributed by atoms with Gasteiger partial charge in [-0.05, 0) is 29.6 Å². The number of nitrogens with one attached hydrogen (secondary N) is 1. The van der Waals surface area contributed by atoms with Gasteiger partial charge in [-0.1, -0.05) is 12.1 Å². The summed E-state index contributed by atoms with van der Waals surface area (Å²) in [5.41, 5.74) is -0.194. The van der Waals surface area contributed by atoms with Gasteiger partial charge in [-0.2, -0.15) is 13.2 Å². The lowest BCUT2D eigenvalue weighted by Gasteiger charge is -2.08. The van der Waals surface area contributed by atoms with E-state index in [2.05, 4.69) is 10.3 Å². The molecule has 3 aromatic rings. The second-order valence-corrected chi connectivity index (χ2v) is 6.35. The molecule has 3 nitrogen and oxygen atoms in total. The van der Waals surface area contributed by atoms with Crippen LogP contribution in [0, 0.1) is 0 Å². The van der Waals surface area contributed by atoms with E-state index in [4.69, 9.17) is 0 Å². The molecule has 2 heterocycles. The molecule has 0 atom stereocenters. The summed E-state index contributed by atoms with van der Waals surface area (Å²) in [7, 11) is 0. The Morgan fingerprint density at radius 1 is 1.13 bits per heavy atom. The molecule has 23 heavy (non-hydrogen) atoms. The van der Waals surface area contributed by atoms with Crippen LogP contribution in [-0.2, 0) is 6.18 Å². The summed E-state index contributed by atoms with van der Waals surface area (Å²) < 4.78 is 38.0. The first-order valence-electron chi connectivity index (χ1n) is 6.41. The van der Waals surface area contributed by atoms with Crippen LogP contribution in [0.1, 0.15) is 15.9 Å². The van der Waals surface area contributed by atoms with Crippen LogP contribution in [0.3, 0.4) is 0 Å². The molecule has 1 amide bonds. The molecule has 0 aliphatic carbocycles. The highest BCUT2D eigenvalue weighted by Gasteiger charge is 2.30. The number of alkyl halides is 3. The van der Waals surface area contributed by atoms with Crippen molar-refractivity contribution in [1.29, 1.82) is 0 Å². The molecule has 0 aliphatic heterocycles. The van der Waals surface area contributed by atoms with Gasteiger partial charge in [0.15, 0.2) is 5.13 Å². The fourth-order valence-corrected chi connectivity index (χ4v) is 3.34. The number of carbonyl (C=O) groups is 1. The second kappa shape index (κ2) is 6.13. The molecule has 0 saturated carbocycles. The molecule has 0 saturated heterocycles. The van der Waals surface area contributed by atoms with Crippen molar-refractivity contribution in [3.63, 3.8) is 0 Å². The third-order valence-electron chi connectivity index (χ3n) is 2.95.